The zero-order valence-corrected chi connectivity index (χ0v) is 16.3. The van der Waals surface area contributed by atoms with Crippen LogP contribution in [0.2, 0.25) is 0 Å². The summed E-state index contributed by atoms with van der Waals surface area (Å²) in [5, 5.41) is 22.9. The fourth-order valence-corrected chi connectivity index (χ4v) is 2.82. The van der Waals surface area contributed by atoms with E-state index in [0.717, 1.165) is 16.1 Å². The van der Waals surface area contributed by atoms with Crippen LogP contribution in [0.15, 0.2) is 76.3 Å². The van der Waals surface area contributed by atoms with Crippen LogP contribution in [-0.4, -0.2) is 22.3 Å². The fraction of sp³-hybridized carbons (Fsp3) is 0.0476. The molecule has 3 aromatic carbocycles. The molecule has 0 saturated carbocycles. The number of hydrogen-bond acceptors (Lipinski definition) is 5. The lowest BCUT2D eigenvalue weighted by Crippen LogP contribution is -2.17. The topological polar surface area (TPSA) is 91.2 Å². The van der Waals surface area contributed by atoms with E-state index in [2.05, 4.69) is 26.5 Å². The average Bonchev–Trinajstić information content (AvgIpc) is 2.67. The molecule has 28 heavy (non-hydrogen) atoms. The summed E-state index contributed by atoms with van der Waals surface area (Å²) >= 11 is 3.41. The highest BCUT2D eigenvalue weighted by Gasteiger charge is 2.08. The number of phenolic OH excluding ortho intramolecular Hbond substituents is 2. The summed E-state index contributed by atoms with van der Waals surface area (Å²) in [6.07, 6.45) is 1.46. The van der Waals surface area contributed by atoms with E-state index in [0.29, 0.717) is 17.9 Å². The monoisotopic (exact) mass is 440 g/mol. The van der Waals surface area contributed by atoms with E-state index in [1.807, 2.05) is 48.5 Å². The number of carbonyl (C=O) groups excluding carboxylic acids is 1. The fourth-order valence-electron chi connectivity index (χ4n) is 2.44. The Morgan fingerprint density at radius 3 is 2.46 bits per heavy atom. The van der Waals surface area contributed by atoms with Gasteiger partial charge in [-0.25, -0.2) is 5.43 Å². The van der Waals surface area contributed by atoms with Gasteiger partial charge < -0.3 is 14.9 Å². The Hall–Kier alpha value is -3.32. The van der Waals surface area contributed by atoms with Gasteiger partial charge in [-0.3, -0.25) is 4.79 Å². The molecular formula is C21H17BrN2O4. The Balaban J connectivity index is 1.70. The zero-order valence-electron chi connectivity index (χ0n) is 14.7. The summed E-state index contributed by atoms with van der Waals surface area (Å²) in [5.74, 6) is -0.375. The van der Waals surface area contributed by atoms with Crippen LogP contribution in [-0.2, 0) is 6.61 Å². The van der Waals surface area contributed by atoms with Gasteiger partial charge in [0.15, 0.2) is 0 Å². The molecule has 7 heteroatoms. The average molecular weight is 441 g/mol. The maximum absolute atomic E-state index is 12.1. The SMILES string of the molecule is O=C(NN=Cc1cc(Br)ccc1OCc1ccccc1)c1cc(O)cc(O)c1. The highest BCUT2D eigenvalue weighted by Crippen LogP contribution is 2.23. The van der Waals surface area contributed by atoms with Gasteiger partial charge in [0.1, 0.15) is 23.9 Å². The number of carbonyl (C=O) groups is 1. The van der Waals surface area contributed by atoms with E-state index < -0.39 is 5.91 Å². The summed E-state index contributed by atoms with van der Waals surface area (Å²) < 4.78 is 6.70. The molecule has 0 atom stereocenters. The van der Waals surface area contributed by atoms with E-state index >= 15 is 0 Å². The number of nitrogens with one attached hydrogen (secondary N) is 1. The van der Waals surface area contributed by atoms with Gasteiger partial charge in [0, 0.05) is 21.7 Å². The second-order valence-electron chi connectivity index (χ2n) is 5.89. The van der Waals surface area contributed by atoms with Crippen molar-refractivity contribution in [2.24, 2.45) is 5.10 Å². The Morgan fingerprint density at radius 1 is 1.04 bits per heavy atom. The second-order valence-corrected chi connectivity index (χ2v) is 6.81. The van der Waals surface area contributed by atoms with Crippen LogP contribution in [0.1, 0.15) is 21.5 Å². The number of hydrogen-bond donors (Lipinski definition) is 3. The molecule has 0 bridgehead atoms. The van der Waals surface area contributed by atoms with Crippen molar-refractivity contribution in [1.82, 2.24) is 5.43 Å². The third kappa shape index (κ3) is 5.34. The molecule has 6 nitrogen and oxygen atoms in total. The number of rotatable bonds is 6. The summed E-state index contributed by atoms with van der Waals surface area (Å²) in [4.78, 5) is 12.1. The third-order valence-corrected chi connectivity index (χ3v) is 4.24. The zero-order chi connectivity index (χ0) is 19.9. The number of nitrogens with zero attached hydrogens (tertiary/aromatic N) is 1. The van der Waals surface area contributed by atoms with E-state index in [9.17, 15) is 15.0 Å². The molecular weight excluding hydrogens is 424 g/mol. The maximum atomic E-state index is 12.1. The number of amides is 1. The largest absolute Gasteiger partial charge is 0.508 e. The van der Waals surface area contributed by atoms with Gasteiger partial charge in [-0.1, -0.05) is 46.3 Å². The molecule has 0 fully saturated rings. The Morgan fingerprint density at radius 2 is 1.75 bits per heavy atom. The molecule has 1 amide bonds. The molecule has 0 unspecified atom stereocenters. The Labute approximate surface area is 170 Å². The number of phenols is 2. The first kappa shape index (κ1) is 19.4. The first-order valence-electron chi connectivity index (χ1n) is 8.34. The molecule has 0 heterocycles. The normalized spacial score (nSPS) is 10.8. The van der Waals surface area contributed by atoms with Crippen molar-refractivity contribution >= 4 is 28.1 Å². The molecule has 0 aliphatic carbocycles. The van der Waals surface area contributed by atoms with Gasteiger partial charge in [0.05, 0.1) is 6.21 Å². The molecule has 3 N–H and O–H groups in total. The quantitative estimate of drug-likeness (QED) is 0.395. The lowest BCUT2D eigenvalue weighted by atomic mass is 10.2. The van der Waals surface area contributed by atoms with Crippen LogP contribution in [0.4, 0.5) is 0 Å². The predicted octanol–water partition coefficient (Wildman–Crippen LogP) is 4.20. The van der Waals surface area contributed by atoms with Crippen molar-refractivity contribution in [1.29, 1.82) is 0 Å². The minimum absolute atomic E-state index is 0.0874. The molecule has 3 rings (SSSR count). The summed E-state index contributed by atoms with van der Waals surface area (Å²) in [6.45, 7) is 0.401. The van der Waals surface area contributed by atoms with Gasteiger partial charge in [-0.05, 0) is 35.9 Å². The van der Waals surface area contributed by atoms with Crippen molar-refractivity contribution < 1.29 is 19.7 Å². The minimum atomic E-state index is -0.566. The van der Waals surface area contributed by atoms with Gasteiger partial charge in [0.25, 0.3) is 5.91 Å². The summed E-state index contributed by atoms with van der Waals surface area (Å²) in [6, 6.07) is 18.8. The highest BCUT2D eigenvalue weighted by molar-refractivity contribution is 9.10. The smallest absolute Gasteiger partial charge is 0.271 e. The molecule has 142 valence electrons. The van der Waals surface area contributed by atoms with Crippen molar-refractivity contribution in [3.63, 3.8) is 0 Å². The molecule has 0 aromatic heterocycles. The number of hydrazone groups is 1. The standard InChI is InChI=1S/C21H17BrN2O4/c22-17-6-7-20(28-13-14-4-2-1-3-5-14)16(8-17)12-23-24-21(27)15-9-18(25)11-19(26)10-15/h1-12,25-26H,13H2,(H,24,27). The minimum Gasteiger partial charge on any atom is -0.508 e. The van der Waals surface area contributed by atoms with Crippen LogP contribution < -0.4 is 10.2 Å². The van der Waals surface area contributed by atoms with E-state index in [1.165, 1.54) is 18.3 Å². The third-order valence-electron chi connectivity index (χ3n) is 3.74. The van der Waals surface area contributed by atoms with Crippen molar-refractivity contribution in [2.45, 2.75) is 6.61 Å². The number of benzene rings is 3. The molecule has 0 saturated heterocycles. The van der Waals surface area contributed by atoms with Crippen LogP contribution in [0.3, 0.4) is 0 Å². The van der Waals surface area contributed by atoms with Crippen LogP contribution in [0.25, 0.3) is 0 Å². The maximum Gasteiger partial charge on any atom is 0.271 e. The van der Waals surface area contributed by atoms with Gasteiger partial charge >= 0.3 is 0 Å². The molecule has 0 aliphatic rings. The van der Waals surface area contributed by atoms with Gasteiger partial charge in [0.2, 0.25) is 0 Å². The van der Waals surface area contributed by atoms with E-state index in [-0.39, 0.29) is 17.1 Å². The second kappa shape index (κ2) is 9.05. The summed E-state index contributed by atoms with van der Waals surface area (Å²) in [5.41, 5.74) is 4.15. The first-order valence-corrected chi connectivity index (χ1v) is 9.13. The molecule has 0 aliphatic heterocycles. The van der Waals surface area contributed by atoms with Crippen molar-refractivity contribution in [3.05, 3.63) is 87.9 Å². The Kier molecular flexibility index (Phi) is 6.29. The first-order chi connectivity index (χ1) is 13.5. The van der Waals surface area contributed by atoms with Crippen LogP contribution >= 0.6 is 15.9 Å². The lowest BCUT2D eigenvalue weighted by Gasteiger charge is -2.09. The highest BCUT2D eigenvalue weighted by atomic mass is 79.9. The molecule has 0 spiro atoms. The van der Waals surface area contributed by atoms with Crippen molar-refractivity contribution in [3.8, 4) is 17.2 Å². The summed E-state index contributed by atoms with van der Waals surface area (Å²) in [7, 11) is 0. The molecule has 0 radical (unpaired) electrons. The van der Waals surface area contributed by atoms with Crippen LogP contribution in [0.5, 0.6) is 17.2 Å². The number of ether oxygens (including phenoxy) is 1. The predicted molar refractivity (Wildman–Crippen MR) is 110 cm³/mol. The number of halogens is 1. The van der Waals surface area contributed by atoms with Crippen LogP contribution in [0, 0.1) is 0 Å². The Bertz CT molecular complexity index is 986. The molecule has 3 aromatic rings. The number of aromatic hydroxyl groups is 2. The lowest BCUT2D eigenvalue weighted by molar-refractivity contribution is 0.0954. The van der Waals surface area contributed by atoms with Gasteiger partial charge in [-0.15, -0.1) is 0 Å². The van der Waals surface area contributed by atoms with Crippen molar-refractivity contribution in [2.75, 3.05) is 0 Å². The van der Waals surface area contributed by atoms with E-state index in [1.54, 1.807) is 0 Å². The van der Waals surface area contributed by atoms with E-state index in [4.69, 9.17) is 4.74 Å². The van der Waals surface area contributed by atoms with Gasteiger partial charge in [-0.2, -0.15) is 5.10 Å².